The van der Waals surface area contributed by atoms with E-state index in [1.807, 2.05) is 0 Å². The Morgan fingerprint density at radius 2 is 1.77 bits per heavy atom. The molecule has 0 aliphatic carbocycles. The van der Waals surface area contributed by atoms with Crippen LogP contribution in [0.5, 0.6) is 0 Å². The van der Waals surface area contributed by atoms with Crippen molar-refractivity contribution < 1.29 is 9.47 Å². The molecule has 5 atom stereocenters. The Balaban J connectivity index is 2.66. The third-order valence-corrected chi connectivity index (χ3v) is 4.24. The van der Waals surface area contributed by atoms with Gasteiger partial charge in [-0.1, -0.05) is 43.4 Å². The molecule has 0 amide bonds. The van der Waals surface area contributed by atoms with E-state index in [1.165, 1.54) is 0 Å². The summed E-state index contributed by atoms with van der Waals surface area (Å²) in [6.07, 6.45) is 0.350. The van der Waals surface area contributed by atoms with Gasteiger partial charge < -0.3 is 9.47 Å². The zero-order chi connectivity index (χ0) is 10.0. The molecule has 3 heteroatoms. The van der Waals surface area contributed by atoms with Gasteiger partial charge in [-0.05, 0) is 11.8 Å². The van der Waals surface area contributed by atoms with E-state index in [9.17, 15) is 0 Å². The molecule has 0 aromatic carbocycles. The van der Waals surface area contributed by atoms with E-state index in [0.29, 0.717) is 23.9 Å². The van der Waals surface area contributed by atoms with Crippen LogP contribution in [0.1, 0.15) is 20.8 Å². The second-order valence-corrected chi connectivity index (χ2v) is 4.89. The molecular weight excluding hydrogens is 279 g/mol. The SMILES string of the molecule is COC1OC(CI)[C@H](C)C(C)[C@@H]1C. The summed E-state index contributed by atoms with van der Waals surface area (Å²) in [6, 6.07) is 0. The number of ether oxygens (including phenoxy) is 2. The first-order valence-electron chi connectivity index (χ1n) is 4.86. The Hall–Kier alpha value is 0.650. The predicted molar refractivity (Wildman–Crippen MR) is 62.0 cm³/mol. The van der Waals surface area contributed by atoms with Crippen LogP contribution in [-0.2, 0) is 9.47 Å². The minimum atomic E-state index is -0.00836. The number of halogens is 1. The average Bonchev–Trinajstić information content (AvgIpc) is 2.15. The molecule has 2 nitrogen and oxygen atoms in total. The second kappa shape index (κ2) is 4.94. The minimum Gasteiger partial charge on any atom is -0.356 e. The van der Waals surface area contributed by atoms with Crippen molar-refractivity contribution in [3.05, 3.63) is 0 Å². The highest BCUT2D eigenvalue weighted by atomic mass is 127. The first-order chi connectivity index (χ1) is 6.11. The summed E-state index contributed by atoms with van der Waals surface area (Å²) in [7, 11) is 1.73. The molecule has 13 heavy (non-hydrogen) atoms. The number of rotatable bonds is 2. The fraction of sp³-hybridized carbons (Fsp3) is 1.00. The van der Waals surface area contributed by atoms with E-state index in [0.717, 1.165) is 4.43 Å². The zero-order valence-corrected chi connectivity index (χ0v) is 10.9. The fourth-order valence-electron chi connectivity index (χ4n) is 1.93. The molecule has 0 bridgehead atoms. The lowest BCUT2D eigenvalue weighted by Gasteiger charge is -2.42. The van der Waals surface area contributed by atoms with Crippen LogP contribution in [0.25, 0.3) is 0 Å². The van der Waals surface area contributed by atoms with Crippen molar-refractivity contribution in [2.45, 2.75) is 33.2 Å². The Bertz CT molecular complexity index is 143. The van der Waals surface area contributed by atoms with E-state index in [4.69, 9.17) is 9.47 Å². The van der Waals surface area contributed by atoms with Gasteiger partial charge in [0.05, 0.1) is 6.10 Å². The van der Waals surface area contributed by atoms with Crippen LogP contribution in [0.3, 0.4) is 0 Å². The largest absolute Gasteiger partial charge is 0.356 e. The van der Waals surface area contributed by atoms with Gasteiger partial charge >= 0.3 is 0 Å². The summed E-state index contributed by atoms with van der Waals surface area (Å²) in [5.74, 6) is 1.82. The van der Waals surface area contributed by atoms with E-state index < -0.39 is 0 Å². The van der Waals surface area contributed by atoms with Crippen molar-refractivity contribution in [3.8, 4) is 0 Å². The lowest BCUT2D eigenvalue weighted by Crippen LogP contribution is -2.46. The van der Waals surface area contributed by atoms with Crippen molar-refractivity contribution in [3.63, 3.8) is 0 Å². The molecule has 0 aromatic rings. The van der Waals surface area contributed by atoms with Gasteiger partial charge in [-0.3, -0.25) is 0 Å². The van der Waals surface area contributed by atoms with Gasteiger partial charge in [-0.25, -0.2) is 0 Å². The van der Waals surface area contributed by atoms with Crippen molar-refractivity contribution in [2.24, 2.45) is 17.8 Å². The quantitative estimate of drug-likeness (QED) is 0.576. The summed E-state index contributed by atoms with van der Waals surface area (Å²) < 4.78 is 12.2. The highest BCUT2D eigenvalue weighted by molar-refractivity contribution is 14.1. The monoisotopic (exact) mass is 298 g/mol. The second-order valence-electron chi connectivity index (χ2n) is 4.01. The summed E-state index contributed by atoms with van der Waals surface area (Å²) in [5.41, 5.74) is 0. The standard InChI is InChI=1S/C10H19IO2/c1-6-7(2)9(5-11)13-10(12-4)8(6)3/h6-10H,5H2,1-4H3/t6?,7-,8+,9?,10?/m1/s1. The molecule has 1 saturated heterocycles. The van der Waals surface area contributed by atoms with Crippen LogP contribution in [0.15, 0.2) is 0 Å². The lowest BCUT2D eigenvalue weighted by atomic mass is 9.79. The van der Waals surface area contributed by atoms with Gasteiger partial charge in [0.25, 0.3) is 0 Å². The smallest absolute Gasteiger partial charge is 0.160 e. The molecule has 1 aliphatic rings. The van der Waals surface area contributed by atoms with E-state index >= 15 is 0 Å². The van der Waals surface area contributed by atoms with Crippen molar-refractivity contribution >= 4 is 22.6 Å². The van der Waals surface area contributed by atoms with Crippen LogP contribution in [0.2, 0.25) is 0 Å². The summed E-state index contributed by atoms with van der Waals surface area (Å²) in [5, 5.41) is 0. The molecule has 3 unspecified atom stereocenters. The molecular formula is C10H19IO2. The van der Waals surface area contributed by atoms with Gasteiger partial charge in [0.2, 0.25) is 0 Å². The molecule has 1 aliphatic heterocycles. The van der Waals surface area contributed by atoms with Crippen LogP contribution >= 0.6 is 22.6 Å². The van der Waals surface area contributed by atoms with Crippen LogP contribution < -0.4 is 0 Å². The van der Waals surface area contributed by atoms with Crippen LogP contribution in [-0.4, -0.2) is 23.9 Å². The van der Waals surface area contributed by atoms with Crippen molar-refractivity contribution in [1.82, 2.24) is 0 Å². The Labute approximate surface area is 94.5 Å². The molecule has 1 heterocycles. The van der Waals surface area contributed by atoms with Gasteiger partial charge in [-0.15, -0.1) is 0 Å². The van der Waals surface area contributed by atoms with Crippen LogP contribution in [0, 0.1) is 17.8 Å². The van der Waals surface area contributed by atoms with Crippen LogP contribution in [0.4, 0.5) is 0 Å². The number of hydrogen-bond donors (Lipinski definition) is 0. The Kier molecular flexibility index (Phi) is 4.45. The highest BCUT2D eigenvalue weighted by Crippen LogP contribution is 2.35. The summed E-state index contributed by atoms with van der Waals surface area (Å²) >= 11 is 2.38. The summed E-state index contributed by atoms with van der Waals surface area (Å²) in [4.78, 5) is 0. The molecule has 1 rings (SSSR count). The number of alkyl halides is 1. The molecule has 78 valence electrons. The molecule has 1 fully saturated rings. The Morgan fingerprint density at radius 3 is 2.23 bits per heavy atom. The normalized spacial score (nSPS) is 46.4. The third-order valence-electron chi connectivity index (χ3n) is 3.37. The van der Waals surface area contributed by atoms with Gasteiger partial charge in [-0.2, -0.15) is 0 Å². The summed E-state index contributed by atoms with van der Waals surface area (Å²) in [6.45, 7) is 6.78. The minimum absolute atomic E-state index is 0.00836. The number of hydrogen-bond acceptors (Lipinski definition) is 2. The van der Waals surface area contributed by atoms with Crippen molar-refractivity contribution in [2.75, 3.05) is 11.5 Å². The topological polar surface area (TPSA) is 18.5 Å². The lowest BCUT2D eigenvalue weighted by molar-refractivity contribution is -0.230. The maximum absolute atomic E-state index is 5.85. The average molecular weight is 298 g/mol. The molecule has 0 radical (unpaired) electrons. The first kappa shape index (κ1) is 11.7. The highest BCUT2D eigenvalue weighted by Gasteiger charge is 2.38. The van der Waals surface area contributed by atoms with E-state index in [2.05, 4.69) is 43.4 Å². The molecule has 0 N–H and O–H groups in total. The maximum atomic E-state index is 5.85. The van der Waals surface area contributed by atoms with E-state index in [1.54, 1.807) is 7.11 Å². The van der Waals surface area contributed by atoms with Gasteiger partial charge in [0.1, 0.15) is 0 Å². The fourth-order valence-corrected chi connectivity index (χ4v) is 2.94. The molecule has 0 spiro atoms. The molecule has 0 saturated carbocycles. The Morgan fingerprint density at radius 1 is 1.15 bits per heavy atom. The first-order valence-corrected chi connectivity index (χ1v) is 6.38. The maximum Gasteiger partial charge on any atom is 0.160 e. The zero-order valence-electron chi connectivity index (χ0n) is 8.79. The molecule has 0 aromatic heterocycles. The number of methoxy groups -OCH3 is 1. The third kappa shape index (κ3) is 2.36. The predicted octanol–water partition coefficient (Wildman–Crippen LogP) is 2.70. The van der Waals surface area contributed by atoms with Gasteiger partial charge in [0, 0.05) is 17.5 Å². The van der Waals surface area contributed by atoms with E-state index in [-0.39, 0.29) is 6.29 Å². The van der Waals surface area contributed by atoms with Gasteiger partial charge in [0.15, 0.2) is 6.29 Å². The van der Waals surface area contributed by atoms with Crippen molar-refractivity contribution in [1.29, 1.82) is 0 Å².